The second-order valence-electron chi connectivity index (χ2n) is 7.28. The molecule has 0 saturated heterocycles. The Morgan fingerprint density at radius 2 is 1.76 bits per heavy atom. The van der Waals surface area contributed by atoms with E-state index in [0.29, 0.717) is 15.6 Å². The summed E-state index contributed by atoms with van der Waals surface area (Å²) in [7, 11) is -2.10. The van der Waals surface area contributed by atoms with Crippen LogP contribution >= 0.6 is 23.2 Å². The lowest BCUT2D eigenvalue weighted by molar-refractivity contribution is -0.115. The molecule has 2 aromatic rings. The molecule has 8 heteroatoms. The van der Waals surface area contributed by atoms with Crippen molar-refractivity contribution in [1.82, 2.24) is 4.31 Å². The number of rotatable bonds is 6. The fourth-order valence-corrected chi connectivity index (χ4v) is 5.50. The lowest BCUT2D eigenvalue weighted by Crippen LogP contribution is -2.38. The van der Waals surface area contributed by atoms with Gasteiger partial charge in [-0.2, -0.15) is 4.31 Å². The molecule has 1 saturated carbocycles. The molecule has 0 bridgehead atoms. The maximum absolute atomic E-state index is 13.2. The van der Waals surface area contributed by atoms with Crippen LogP contribution in [0.25, 0.3) is 0 Å². The van der Waals surface area contributed by atoms with Gasteiger partial charge >= 0.3 is 0 Å². The van der Waals surface area contributed by atoms with Crippen molar-refractivity contribution in [2.75, 3.05) is 12.4 Å². The summed E-state index contributed by atoms with van der Waals surface area (Å²) in [5.74, 6) is -0.327. The third kappa shape index (κ3) is 5.31. The van der Waals surface area contributed by atoms with E-state index in [1.165, 1.54) is 10.4 Å². The number of carbonyl (C=O) groups excluding carboxylic acids is 1. The van der Waals surface area contributed by atoms with Gasteiger partial charge in [-0.05, 0) is 42.7 Å². The van der Waals surface area contributed by atoms with Crippen LogP contribution in [-0.4, -0.2) is 31.7 Å². The topological polar surface area (TPSA) is 66.5 Å². The molecule has 1 N–H and O–H groups in total. The van der Waals surface area contributed by atoms with Crippen molar-refractivity contribution in [1.29, 1.82) is 0 Å². The molecular weight excluding hydrogens is 431 g/mol. The van der Waals surface area contributed by atoms with E-state index in [2.05, 4.69) is 5.32 Å². The number of hydrogen-bond donors (Lipinski definition) is 1. The third-order valence-electron chi connectivity index (χ3n) is 5.26. The molecule has 1 aliphatic rings. The van der Waals surface area contributed by atoms with E-state index in [9.17, 15) is 13.2 Å². The number of hydrogen-bond acceptors (Lipinski definition) is 3. The summed E-state index contributed by atoms with van der Waals surface area (Å²) >= 11 is 11.9. The minimum atomic E-state index is -3.72. The summed E-state index contributed by atoms with van der Waals surface area (Å²) < 4.78 is 27.9. The Bertz CT molecular complexity index is 989. The quantitative estimate of drug-likeness (QED) is 0.657. The monoisotopic (exact) mass is 454 g/mol. The van der Waals surface area contributed by atoms with Gasteiger partial charge < -0.3 is 5.32 Å². The molecule has 29 heavy (non-hydrogen) atoms. The Labute approximate surface area is 182 Å². The fraction of sp³-hybridized carbons (Fsp3) is 0.381. The van der Waals surface area contributed by atoms with Gasteiger partial charge in [-0.3, -0.25) is 4.79 Å². The molecule has 0 heterocycles. The second-order valence-corrected chi connectivity index (χ2v) is 10.1. The van der Waals surface area contributed by atoms with Crippen LogP contribution in [0, 0.1) is 0 Å². The van der Waals surface area contributed by atoms with E-state index in [-0.39, 0.29) is 29.0 Å². The number of nitrogens with zero attached hydrogens (tertiary/aromatic N) is 1. The van der Waals surface area contributed by atoms with Gasteiger partial charge in [0.2, 0.25) is 15.9 Å². The lowest BCUT2D eigenvalue weighted by Gasteiger charge is -2.30. The number of carbonyl (C=O) groups is 1. The van der Waals surface area contributed by atoms with Gasteiger partial charge in [-0.25, -0.2) is 8.42 Å². The van der Waals surface area contributed by atoms with Gasteiger partial charge in [0.05, 0.1) is 22.2 Å². The van der Waals surface area contributed by atoms with Crippen molar-refractivity contribution >= 4 is 44.8 Å². The fourth-order valence-electron chi connectivity index (χ4n) is 3.62. The molecule has 0 radical (unpaired) electrons. The van der Waals surface area contributed by atoms with Gasteiger partial charge in [-0.15, -0.1) is 0 Å². The maximum Gasteiger partial charge on any atom is 0.245 e. The minimum Gasteiger partial charge on any atom is -0.325 e. The van der Waals surface area contributed by atoms with Gasteiger partial charge in [0.15, 0.2) is 0 Å². The summed E-state index contributed by atoms with van der Waals surface area (Å²) in [6.45, 7) is 0. The van der Waals surface area contributed by atoms with E-state index in [4.69, 9.17) is 23.2 Å². The molecule has 156 valence electrons. The maximum atomic E-state index is 13.2. The molecule has 1 amide bonds. The van der Waals surface area contributed by atoms with Crippen LogP contribution in [0.1, 0.15) is 37.7 Å². The van der Waals surface area contributed by atoms with Crippen LogP contribution in [0.5, 0.6) is 0 Å². The Balaban J connectivity index is 1.78. The minimum absolute atomic E-state index is 0.00582. The molecule has 0 aliphatic heterocycles. The van der Waals surface area contributed by atoms with Gasteiger partial charge in [0, 0.05) is 13.1 Å². The number of halogens is 2. The first-order chi connectivity index (χ1) is 13.8. The molecule has 0 aromatic heterocycles. The highest BCUT2D eigenvalue weighted by Crippen LogP contribution is 2.30. The first-order valence-electron chi connectivity index (χ1n) is 9.60. The van der Waals surface area contributed by atoms with Crippen molar-refractivity contribution < 1.29 is 13.2 Å². The van der Waals surface area contributed by atoms with E-state index < -0.39 is 10.0 Å². The van der Waals surface area contributed by atoms with Crippen LogP contribution in [0.15, 0.2) is 47.4 Å². The summed E-state index contributed by atoms with van der Waals surface area (Å²) in [5, 5.41) is 3.52. The summed E-state index contributed by atoms with van der Waals surface area (Å²) in [4.78, 5) is 12.6. The Morgan fingerprint density at radius 1 is 1.07 bits per heavy atom. The number of benzene rings is 2. The zero-order chi connectivity index (χ0) is 21.0. The van der Waals surface area contributed by atoms with Crippen molar-refractivity contribution in [3.05, 3.63) is 58.1 Å². The average molecular weight is 455 g/mol. The van der Waals surface area contributed by atoms with Crippen LogP contribution in [-0.2, 0) is 21.2 Å². The second kappa shape index (κ2) is 9.47. The predicted molar refractivity (Wildman–Crippen MR) is 117 cm³/mol. The highest BCUT2D eigenvalue weighted by Gasteiger charge is 2.30. The lowest BCUT2D eigenvalue weighted by atomic mass is 9.96. The van der Waals surface area contributed by atoms with Crippen LogP contribution < -0.4 is 5.32 Å². The Hall–Kier alpha value is -1.60. The Morgan fingerprint density at radius 3 is 2.45 bits per heavy atom. The molecule has 0 spiro atoms. The molecule has 5 nitrogen and oxygen atoms in total. The van der Waals surface area contributed by atoms with E-state index in [0.717, 1.165) is 32.1 Å². The normalized spacial score (nSPS) is 15.4. The number of para-hydroxylation sites is 1. The Kier molecular flexibility index (Phi) is 7.22. The highest BCUT2D eigenvalue weighted by molar-refractivity contribution is 7.89. The molecular formula is C21H24Cl2N2O3S. The van der Waals surface area contributed by atoms with E-state index in [1.54, 1.807) is 43.4 Å². The zero-order valence-electron chi connectivity index (χ0n) is 16.2. The summed E-state index contributed by atoms with van der Waals surface area (Å²) in [6.07, 6.45) is 5.00. The van der Waals surface area contributed by atoms with E-state index in [1.807, 2.05) is 0 Å². The first kappa shape index (κ1) is 22.1. The van der Waals surface area contributed by atoms with Crippen LogP contribution in [0.4, 0.5) is 5.69 Å². The third-order valence-corrected chi connectivity index (χ3v) is 7.96. The molecule has 0 unspecified atom stereocenters. The van der Waals surface area contributed by atoms with Crippen molar-refractivity contribution in [2.45, 2.75) is 49.5 Å². The predicted octanol–water partition coefficient (Wildman–Crippen LogP) is 5.13. The van der Waals surface area contributed by atoms with Gasteiger partial charge in [0.1, 0.15) is 4.90 Å². The summed E-state index contributed by atoms with van der Waals surface area (Å²) in [5.41, 5.74) is 0.969. The van der Waals surface area contributed by atoms with Crippen LogP contribution in [0.2, 0.25) is 10.0 Å². The SMILES string of the molecule is CN(C1CCCCC1)S(=O)(=O)c1ccccc1NC(=O)Cc1ccc(Cl)c(Cl)c1. The number of anilines is 1. The van der Waals surface area contributed by atoms with Crippen molar-refractivity contribution in [3.63, 3.8) is 0 Å². The van der Waals surface area contributed by atoms with Gasteiger partial charge in [0.25, 0.3) is 0 Å². The van der Waals surface area contributed by atoms with Crippen molar-refractivity contribution in [3.8, 4) is 0 Å². The molecule has 3 rings (SSSR count). The van der Waals surface area contributed by atoms with Crippen molar-refractivity contribution in [2.24, 2.45) is 0 Å². The standard InChI is InChI=1S/C21H24Cl2N2O3S/c1-25(16-7-3-2-4-8-16)29(27,28)20-10-6-5-9-19(20)24-21(26)14-15-11-12-17(22)18(23)13-15/h5-6,9-13,16H,2-4,7-8,14H2,1H3,(H,24,26). The molecule has 2 aromatic carbocycles. The molecule has 1 fully saturated rings. The number of sulfonamides is 1. The number of nitrogens with one attached hydrogen (secondary N) is 1. The molecule has 1 aliphatic carbocycles. The number of amides is 1. The largest absolute Gasteiger partial charge is 0.325 e. The van der Waals surface area contributed by atoms with Gasteiger partial charge in [-0.1, -0.05) is 60.7 Å². The smallest absolute Gasteiger partial charge is 0.245 e. The first-order valence-corrected chi connectivity index (χ1v) is 11.8. The van der Waals surface area contributed by atoms with Crippen LogP contribution in [0.3, 0.4) is 0 Å². The summed E-state index contributed by atoms with van der Waals surface area (Å²) in [6, 6.07) is 11.5. The average Bonchev–Trinajstić information content (AvgIpc) is 2.71. The van der Waals surface area contributed by atoms with E-state index >= 15 is 0 Å². The zero-order valence-corrected chi connectivity index (χ0v) is 18.5. The molecule has 0 atom stereocenters. The highest BCUT2D eigenvalue weighted by atomic mass is 35.5.